The van der Waals surface area contributed by atoms with Crippen LogP contribution in [0.4, 0.5) is 8.78 Å². The van der Waals surface area contributed by atoms with Crippen molar-refractivity contribution in [2.45, 2.75) is 63.1 Å². The van der Waals surface area contributed by atoms with E-state index in [1.54, 1.807) is 0 Å². The summed E-state index contributed by atoms with van der Waals surface area (Å²) in [6.07, 6.45) is 1.31. The normalized spacial score (nSPS) is 27.5. The summed E-state index contributed by atoms with van der Waals surface area (Å²) in [5.41, 5.74) is 2.75. The molecule has 2 fully saturated rings. The SMILES string of the molecule is O=C(C[C@H]1CC[C@H]2[C@@H](COC[C@@H](O)CN2Cc2cc(F)ccc2F)O1)N1CCc2ccccc2C1. The average molecular weight is 487 g/mol. The Morgan fingerprint density at radius 3 is 2.77 bits per heavy atom. The lowest BCUT2D eigenvalue weighted by molar-refractivity contribution is -0.161. The van der Waals surface area contributed by atoms with Crippen molar-refractivity contribution in [2.75, 3.05) is 26.3 Å². The van der Waals surface area contributed by atoms with Crippen molar-refractivity contribution in [3.8, 4) is 0 Å². The molecule has 188 valence electrons. The molecule has 4 atom stereocenters. The molecule has 3 heterocycles. The molecule has 0 bridgehead atoms. The Morgan fingerprint density at radius 1 is 1.09 bits per heavy atom. The third-order valence-corrected chi connectivity index (χ3v) is 7.35. The standard InChI is InChI=1S/C27H32F2N2O4/c28-21-5-7-24(29)20(11-21)14-31-15-22(32)16-34-17-26-25(31)8-6-23(35-26)12-27(33)30-10-9-18-3-1-2-4-19(18)13-30/h1-5,7,11,22-23,25-26,32H,6,8-10,12-17H2/t22-,23+,25-,26+/m0/s1. The first-order chi connectivity index (χ1) is 17.0. The van der Waals surface area contributed by atoms with Crippen molar-refractivity contribution in [1.82, 2.24) is 9.80 Å². The van der Waals surface area contributed by atoms with Gasteiger partial charge in [-0.3, -0.25) is 9.69 Å². The van der Waals surface area contributed by atoms with E-state index in [9.17, 15) is 18.7 Å². The number of amides is 1. The second-order valence-electron chi connectivity index (χ2n) is 9.84. The van der Waals surface area contributed by atoms with Gasteiger partial charge in [0.25, 0.3) is 0 Å². The van der Waals surface area contributed by atoms with E-state index in [4.69, 9.17) is 9.47 Å². The van der Waals surface area contributed by atoms with Gasteiger partial charge in [-0.25, -0.2) is 8.78 Å². The Labute approximate surface area is 204 Å². The number of carbonyl (C=O) groups excluding carboxylic acids is 1. The molecule has 3 aliphatic heterocycles. The van der Waals surface area contributed by atoms with Crippen LogP contribution in [0.25, 0.3) is 0 Å². The van der Waals surface area contributed by atoms with E-state index in [0.717, 1.165) is 25.0 Å². The lowest BCUT2D eigenvalue weighted by Gasteiger charge is -2.44. The number of hydrogen-bond acceptors (Lipinski definition) is 5. The molecule has 35 heavy (non-hydrogen) atoms. The number of aliphatic hydroxyl groups excluding tert-OH is 1. The fourth-order valence-corrected chi connectivity index (χ4v) is 5.54. The minimum atomic E-state index is -0.728. The summed E-state index contributed by atoms with van der Waals surface area (Å²) in [4.78, 5) is 16.9. The molecule has 0 aromatic heterocycles. The van der Waals surface area contributed by atoms with Crippen molar-refractivity contribution in [2.24, 2.45) is 0 Å². The summed E-state index contributed by atoms with van der Waals surface area (Å²) >= 11 is 0. The highest BCUT2D eigenvalue weighted by molar-refractivity contribution is 5.77. The maximum absolute atomic E-state index is 14.3. The van der Waals surface area contributed by atoms with Gasteiger partial charge in [0.1, 0.15) is 11.6 Å². The van der Waals surface area contributed by atoms with Gasteiger partial charge in [-0.2, -0.15) is 0 Å². The van der Waals surface area contributed by atoms with Gasteiger partial charge in [0.05, 0.1) is 37.9 Å². The van der Waals surface area contributed by atoms with Crippen LogP contribution in [0.5, 0.6) is 0 Å². The van der Waals surface area contributed by atoms with E-state index in [0.29, 0.717) is 25.9 Å². The summed E-state index contributed by atoms with van der Waals surface area (Å²) < 4.78 is 40.1. The number of nitrogens with zero attached hydrogens (tertiary/aromatic N) is 2. The molecule has 6 nitrogen and oxygen atoms in total. The van der Waals surface area contributed by atoms with E-state index in [1.807, 2.05) is 21.9 Å². The third-order valence-electron chi connectivity index (χ3n) is 7.35. The second-order valence-corrected chi connectivity index (χ2v) is 9.84. The van der Waals surface area contributed by atoms with E-state index < -0.39 is 17.7 Å². The molecular formula is C27H32F2N2O4. The molecule has 0 spiro atoms. The number of hydrogen-bond donors (Lipinski definition) is 1. The second kappa shape index (κ2) is 10.7. The van der Waals surface area contributed by atoms with E-state index in [1.165, 1.54) is 17.2 Å². The zero-order valence-electron chi connectivity index (χ0n) is 19.7. The number of halogens is 2. The zero-order chi connectivity index (χ0) is 24.4. The van der Waals surface area contributed by atoms with Crippen LogP contribution < -0.4 is 0 Å². The van der Waals surface area contributed by atoms with Crippen LogP contribution in [0.2, 0.25) is 0 Å². The summed E-state index contributed by atoms with van der Waals surface area (Å²) in [5.74, 6) is -0.879. The van der Waals surface area contributed by atoms with Crippen LogP contribution in [0.15, 0.2) is 42.5 Å². The highest BCUT2D eigenvalue weighted by atomic mass is 19.1. The lowest BCUT2D eigenvalue weighted by atomic mass is 9.93. The molecule has 5 rings (SSSR count). The molecule has 1 N–H and O–H groups in total. The van der Waals surface area contributed by atoms with E-state index >= 15 is 0 Å². The van der Waals surface area contributed by atoms with Gasteiger partial charge in [-0.05, 0) is 48.6 Å². The summed E-state index contributed by atoms with van der Waals surface area (Å²) in [7, 11) is 0. The number of fused-ring (bicyclic) bond motifs is 2. The van der Waals surface area contributed by atoms with Crippen molar-refractivity contribution in [3.05, 3.63) is 70.8 Å². The Balaban J connectivity index is 1.24. The van der Waals surface area contributed by atoms with Crippen LogP contribution in [-0.2, 0) is 33.8 Å². The minimum Gasteiger partial charge on any atom is -0.389 e. The third kappa shape index (κ3) is 5.72. The fraction of sp³-hybridized carbons (Fsp3) is 0.519. The zero-order valence-corrected chi connectivity index (χ0v) is 19.7. The van der Waals surface area contributed by atoms with Gasteiger partial charge >= 0.3 is 0 Å². The molecule has 2 aromatic carbocycles. The molecule has 8 heteroatoms. The molecule has 0 saturated carbocycles. The fourth-order valence-electron chi connectivity index (χ4n) is 5.54. The molecule has 1 amide bonds. The number of β-amino-alcohol motifs (C(OH)–C–C–N with tert-alkyl or cyclic N) is 1. The predicted octanol–water partition coefficient (Wildman–Crippen LogP) is 3.05. The van der Waals surface area contributed by atoms with E-state index in [2.05, 4.69) is 12.1 Å². The average Bonchev–Trinajstić information content (AvgIpc) is 2.85. The first-order valence-electron chi connectivity index (χ1n) is 12.4. The van der Waals surface area contributed by atoms with Crippen molar-refractivity contribution in [3.63, 3.8) is 0 Å². The Kier molecular flexibility index (Phi) is 7.43. The monoisotopic (exact) mass is 486 g/mol. The van der Waals surface area contributed by atoms with Crippen LogP contribution in [0, 0.1) is 11.6 Å². The van der Waals surface area contributed by atoms with Crippen LogP contribution >= 0.6 is 0 Å². The first-order valence-corrected chi connectivity index (χ1v) is 12.4. The maximum Gasteiger partial charge on any atom is 0.225 e. The highest BCUT2D eigenvalue weighted by Gasteiger charge is 2.38. The highest BCUT2D eigenvalue weighted by Crippen LogP contribution is 2.30. The predicted molar refractivity (Wildman–Crippen MR) is 125 cm³/mol. The summed E-state index contributed by atoms with van der Waals surface area (Å²) in [6, 6.07) is 11.5. The number of benzene rings is 2. The van der Waals surface area contributed by atoms with Gasteiger partial charge in [0.15, 0.2) is 0 Å². The Hall–Kier alpha value is -2.39. The van der Waals surface area contributed by atoms with Gasteiger partial charge in [-0.15, -0.1) is 0 Å². The summed E-state index contributed by atoms with van der Waals surface area (Å²) in [5, 5.41) is 10.3. The topological polar surface area (TPSA) is 62.2 Å². The van der Waals surface area contributed by atoms with Gasteiger partial charge in [0, 0.05) is 37.8 Å². The molecular weight excluding hydrogens is 454 g/mol. The number of ether oxygens (including phenoxy) is 2. The van der Waals surface area contributed by atoms with Gasteiger partial charge in [0.2, 0.25) is 5.91 Å². The van der Waals surface area contributed by atoms with E-state index in [-0.39, 0.29) is 56.0 Å². The van der Waals surface area contributed by atoms with Crippen molar-refractivity contribution >= 4 is 5.91 Å². The van der Waals surface area contributed by atoms with Crippen molar-refractivity contribution in [1.29, 1.82) is 0 Å². The van der Waals surface area contributed by atoms with Gasteiger partial charge in [-0.1, -0.05) is 24.3 Å². The molecule has 3 aliphatic rings. The largest absolute Gasteiger partial charge is 0.389 e. The minimum absolute atomic E-state index is 0.0869. The Morgan fingerprint density at radius 2 is 1.91 bits per heavy atom. The molecule has 2 aromatic rings. The molecule has 0 aliphatic carbocycles. The first kappa shape index (κ1) is 24.3. The smallest absolute Gasteiger partial charge is 0.225 e. The maximum atomic E-state index is 14.3. The van der Waals surface area contributed by atoms with Crippen LogP contribution in [0.1, 0.15) is 36.0 Å². The van der Waals surface area contributed by atoms with Crippen LogP contribution in [-0.4, -0.2) is 71.5 Å². The van der Waals surface area contributed by atoms with Crippen LogP contribution in [0.3, 0.4) is 0 Å². The van der Waals surface area contributed by atoms with Gasteiger partial charge < -0.3 is 19.5 Å². The summed E-state index contributed by atoms with van der Waals surface area (Å²) in [6.45, 7) is 2.21. The Bertz CT molecular complexity index is 1050. The quantitative estimate of drug-likeness (QED) is 0.720. The molecule has 2 saturated heterocycles. The lowest BCUT2D eigenvalue weighted by Crippen LogP contribution is -2.55. The van der Waals surface area contributed by atoms with Crippen molar-refractivity contribution < 1.29 is 28.2 Å². The molecule has 0 unspecified atom stereocenters. The molecule has 0 radical (unpaired) electrons. The number of carbonyl (C=O) groups is 1. The number of rotatable bonds is 4. The number of aliphatic hydroxyl groups is 1.